The van der Waals surface area contributed by atoms with Gasteiger partial charge < -0.3 is 15.2 Å². The summed E-state index contributed by atoms with van der Waals surface area (Å²) in [6, 6.07) is 0. The minimum absolute atomic E-state index is 0.0109. The molecule has 146 valence electrons. The number of rotatable bonds is 7. The summed E-state index contributed by atoms with van der Waals surface area (Å²) < 4.78 is 1.78. The van der Waals surface area contributed by atoms with Gasteiger partial charge in [-0.3, -0.25) is 14.4 Å². The number of carbonyl (C=O) groups is 2. The van der Waals surface area contributed by atoms with Crippen molar-refractivity contribution < 1.29 is 9.59 Å². The van der Waals surface area contributed by atoms with Gasteiger partial charge in [0.15, 0.2) is 0 Å². The molecule has 27 heavy (non-hydrogen) atoms. The van der Waals surface area contributed by atoms with Gasteiger partial charge >= 0.3 is 0 Å². The lowest BCUT2D eigenvalue weighted by molar-refractivity contribution is 0.0943. The average Bonchev–Trinajstić information content (AvgIpc) is 3.27. The molecule has 1 aromatic rings. The van der Waals surface area contributed by atoms with Crippen molar-refractivity contribution in [3.8, 4) is 0 Å². The minimum Gasteiger partial charge on any atom is -0.355 e. The van der Waals surface area contributed by atoms with Crippen LogP contribution < -0.4 is 16.1 Å². The van der Waals surface area contributed by atoms with E-state index >= 15 is 0 Å². The van der Waals surface area contributed by atoms with Crippen LogP contribution in [0.5, 0.6) is 0 Å². The fraction of sp³-hybridized carbons (Fsp3) is 0.571. The quantitative estimate of drug-likeness (QED) is 0.721. The number of nitrogens with zero attached hydrogens (tertiary/aromatic N) is 1. The van der Waals surface area contributed by atoms with Crippen LogP contribution >= 0.6 is 0 Å². The highest BCUT2D eigenvalue weighted by molar-refractivity contribution is 5.99. The van der Waals surface area contributed by atoms with E-state index in [1.165, 1.54) is 13.5 Å². The number of aromatic nitrogens is 1. The van der Waals surface area contributed by atoms with Crippen molar-refractivity contribution in [3.05, 3.63) is 45.9 Å². The Labute approximate surface area is 160 Å². The topological polar surface area (TPSA) is 80.2 Å². The van der Waals surface area contributed by atoms with Gasteiger partial charge in [-0.2, -0.15) is 0 Å². The highest BCUT2D eigenvalue weighted by Gasteiger charge is 2.35. The Morgan fingerprint density at radius 1 is 1.15 bits per heavy atom. The molecule has 0 radical (unpaired) electrons. The Kier molecular flexibility index (Phi) is 5.82. The van der Waals surface area contributed by atoms with Gasteiger partial charge in [-0.25, -0.2) is 0 Å². The maximum atomic E-state index is 12.7. The van der Waals surface area contributed by atoms with E-state index in [4.69, 9.17) is 0 Å². The summed E-state index contributed by atoms with van der Waals surface area (Å²) in [5.41, 5.74) is -0.462. The first-order chi connectivity index (χ1) is 12.9. The zero-order chi connectivity index (χ0) is 19.6. The molecule has 2 amide bonds. The lowest BCUT2D eigenvalue weighted by atomic mass is 9.93. The highest BCUT2D eigenvalue weighted by atomic mass is 16.2. The van der Waals surface area contributed by atoms with Gasteiger partial charge in [-0.15, -0.1) is 0 Å². The maximum Gasteiger partial charge on any atom is 0.256 e. The molecule has 1 fully saturated rings. The first kappa shape index (κ1) is 19.4. The molecule has 6 nitrogen and oxygen atoms in total. The largest absolute Gasteiger partial charge is 0.355 e. The molecule has 2 aliphatic carbocycles. The number of amides is 2. The van der Waals surface area contributed by atoms with Crippen LogP contribution in [0, 0.1) is 23.7 Å². The molecule has 1 saturated carbocycles. The third kappa shape index (κ3) is 4.31. The first-order valence-corrected chi connectivity index (χ1v) is 9.81. The van der Waals surface area contributed by atoms with Gasteiger partial charge in [0, 0.05) is 32.5 Å². The number of aryl methyl sites for hydroxylation is 1. The van der Waals surface area contributed by atoms with Crippen molar-refractivity contribution >= 4 is 11.8 Å². The number of carbonyl (C=O) groups excluding carboxylic acids is 2. The molecule has 0 aliphatic heterocycles. The zero-order valence-electron chi connectivity index (χ0n) is 16.3. The van der Waals surface area contributed by atoms with Crippen LogP contribution in [0.4, 0.5) is 0 Å². The molecule has 0 spiro atoms. The summed E-state index contributed by atoms with van der Waals surface area (Å²) in [5.74, 6) is 1.24. The van der Waals surface area contributed by atoms with Crippen molar-refractivity contribution in [3.63, 3.8) is 0 Å². The molecule has 0 unspecified atom stereocenters. The van der Waals surface area contributed by atoms with Crippen LogP contribution in [0.2, 0.25) is 0 Å². The molecule has 1 aromatic heterocycles. The molecule has 3 atom stereocenters. The molecule has 2 bridgehead atoms. The Morgan fingerprint density at radius 2 is 1.85 bits per heavy atom. The monoisotopic (exact) mass is 371 g/mol. The van der Waals surface area contributed by atoms with Crippen molar-refractivity contribution in [2.24, 2.45) is 23.7 Å². The fourth-order valence-electron chi connectivity index (χ4n) is 4.07. The van der Waals surface area contributed by atoms with E-state index in [1.54, 1.807) is 17.0 Å². The Bertz CT molecular complexity index is 809. The van der Waals surface area contributed by atoms with E-state index in [9.17, 15) is 14.4 Å². The van der Waals surface area contributed by atoms with E-state index in [2.05, 4.69) is 36.6 Å². The van der Waals surface area contributed by atoms with Crippen LogP contribution in [-0.4, -0.2) is 30.0 Å². The Morgan fingerprint density at radius 3 is 2.41 bits per heavy atom. The third-order valence-corrected chi connectivity index (χ3v) is 5.70. The summed E-state index contributed by atoms with van der Waals surface area (Å²) in [6.45, 7) is 5.44. The number of nitrogens with one attached hydrogen (secondary N) is 2. The van der Waals surface area contributed by atoms with Crippen LogP contribution in [0.3, 0.4) is 0 Å². The molecule has 3 rings (SSSR count). The minimum atomic E-state index is -0.513. The van der Waals surface area contributed by atoms with Gasteiger partial charge in [0.1, 0.15) is 11.1 Å². The third-order valence-electron chi connectivity index (χ3n) is 5.70. The highest BCUT2D eigenvalue weighted by Crippen LogP contribution is 2.42. The Balaban J connectivity index is 1.78. The second-order valence-electron chi connectivity index (χ2n) is 8.16. The van der Waals surface area contributed by atoms with E-state index in [1.807, 2.05) is 0 Å². The van der Waals surface area contributed by atoms with E-state index in [-0.39, 0.29) is 11.1 Å². The van der Waals surface area contributed by atoms with Crippen molar-refractivity contribution in [2.75, 3.05) is 13.6 Å². The van der Waals surface area contributed by atoms with Crippen molar-refractivity contribution in [2.45, 2.75) is 39.7 Å². The lowest BCUT2D eigenvalue weighted by Gasteiger charge is -2.19. The SMILES string of the molecule is CNC(=O)c1cn(CCC(C)C)cc(C(=O)NC[C@@H]2C[C@H]3C=C[C@@H]2C3)c1=O. The van der Waals surface area contributed by atoms with Crippen molar-refractivity contribution in [1.29, 1.82) is 0 Å². The maximum absolute atomic E-state index is 12.7. The summed E-state index contributed by atoms with van der Waals surface area (Å²) in [5, 5.41) is 5.41. The van der Waals surface area contributed by atoms with Gasteiger partial charge in [0.05, 0.1) is 0 Å². The van der Waals surface area contributed by atoms with Crippen LogP contribution in [0.15, 0.2) is 29.3 Å². The van der Waals surface area contributed by atoms with Gasteiger partial charge in [-0.1, -0.05) is 26.0 Å². The molecule has 2 aliphatic rings. The summed E-state index contributed by atoms with van der Waals surface area (Å²) in [4.78, 5) is 37.5. The fourth-order valence-corrected chi connectivity index (χ4v) is 4.07. The second kappa shape index (κ2) is 8.11. The zero-order valence-corrected chi connectivity index (χ0v) is 16.3. The number of hydrogen-bond donors (Lipinski definition) is 2. The summed E-state index contributed by atoms with van der Waals surface area (Å²) in [6.07, 6.45) is 10.8. The van der Waals surface area contributed by atoms with E-state index < -0.39 is 17.2 Å². The van der Waals surface area contributed by atoms with Gasteiger partial charge in [0.25, 0.3) is 11.8 Å². The molecular formula is C21H29N3O3. The normalized spacial score (nSPS) is 23.0. The lowest BCUT2D eigenvalue weighted by Crippen LogP contribution is -2.37. The van der Waals surface area contributed by atoms with Crippen molar-refractivity contribution in [1.82, 2.24) is 15.2 Å². The van der Waals surface area contributed by atoms with Crippen LogP contribution in [-0.2, 0) is 6.54 Å². The molecule has 0 aromatic carbocycles. The summed E-state index contributed by atoms with van der Waals surface area (Å²) >= 11 is 0. The predicted octanol–water partition coefficient (Wildman–Crippen LogP) is 2.20. The van der Waals surface area contributed by atoms with Crippen LogP contribution in [0.25, 0.3) is 0 Å². The smallest absolute Gasteiger partial charge is 0.256 e. The number of allylic oxidation sites excluding steroid dienone is 2. The van der Waals surface area contributed by atoms with E-state index in [0.717, 1.165) is 12.8 Å². The molecule has 1 heterocycles. The standard InChI is InChI=1S/C21H29N3O3/c1-13(2)6-7-24-11-17(20(26)22-3)19(25)18(12-24)21(27)23-10-16-9-14-4-5-15(16)8-14/h4-5,11-16H,6-10H2,1-3H3,(H,22,26)(H,23,27)/t14-,15+,16-/m0/s1. The summed E-state index contributed by atoms with van der Waals surface area (Å²) in [7, 11) is 1.48. The average molecular weight is 371 g/mol. The van der Waals surface area contributed by atoms with Crippen LogP contribution in [0.1, 0.15) is 53.8 Å². The molecule has 6 heteroatoms. The number of hydrogen-bond acceptors (Lipinski definition) is 3. The number of fused-ring (bicyclic) bond motifs is 2. The van der Waals surface area contributed by atoms with Gasteiger partial charge in [-0.05, 0) is 42.9 Å². The second-order valence-corrected chi connectivity index (χ2v) is 8.16. The molecule has 0 saturated heterocycles. The number of pyridine rings is 1. The predicted molar refractivity (Wildman–Crippen MR) is 105 cm³/mol. The Hall–Kier alpha value is -2.37. The molecular weight excluding hydrogens is 342 g/mol. The van der Waals surface area contributed by atoms with Gasteiger partial charge in [0.2, 0.25) is 5.43 Å². The first-order valence-electron chi connectivity index (χ1n) is 9.81. The van der Waals surface area contributed by atoms with E-state index in [0.29, 0.717) is 36.8 Å². The molecule has 2 N–H and O–H groups in total.